The summed E-state index contributed by atoms with van der Waals surface area (Å²) in [5.41, 5.74) is 1.97. The van der Waals surface area contributed by atoms with Crippen LogP contribution in [-0.2, 0) is 34.7 Å². The number of carbonyl (C=O) groups is 3. The van der Waals surface area contributed by atoms with Gasteiger partial charge in [0.2, 0.25) is 0 Å². The summed E-state index contributed by atoms with van der Waals surface area (Å²) < 4.78 is 13.0. The highest BCUT2D eigenvalue weighted by Gasteiger charge is 2.49. The van der Waals surface area contributed by atoms with Crippen molar-refractivity contribution in [3.63, 3.8) is 0 Å². The van der Waals surface area contributed by atoms with E-state index in [1.807, 2.05) is 25.1 Å². The van der Waals surface area contributed by atoms with Gasteiger partial charge in [0.15, 0.2) is 11.7 Å². The molecule has 2 aromatic rings. The van der Waals surface area contributed by atoms with Crippen molar-refractivity contribution in [3.8, 4) is 0 Å². The molecule has 254 valence electrons. The van der Waals surface area contributed by atoms with Crippen molar-refractivity contribution in [2.45, 2.75) is 116 Å². The Kier molecular flexibility index (Phi) is 10.8. The SMILES string of the molecule is CC1CCC(C(C)(C)c2ccccc2)C(OC(=O)C(C(=O)OC2CC(C)CCC2C(C)(C)c2ccccc2)C2CC(=O)C=CC2C)C1. The molecule has 3 aliphatic rings. The molecule has 0 spiro atoms. The molecule has 2 saturated carbocycles. The molecule has 0 heterocycles. The highest BCUT2D eigenvalue weighted by molar-refractivity contribution is 5.98. The maximum atomic E-state index is 14.5. The first-order valence-corrected chi connectivity index (χ1v) is 18.0. The zero-order valence-corrected chi connectivity index (χ0v) is 29.6. The van der Waals surface area contributed by atoms with E-state index in [1.54, 1.807) is 6.08 Å². The first-order chi connectivity index (χ1) is 22.3. The van der Waals surface area contributed by atoms with Crippen molar-refractivity contribution in [1.82, 2.24) is 0 Å². The van der Waals surface area contributed by atoms with Gasteiger partial charge in [0.25, 0.3) is 0 Å². The first-order valence-electron chi connectivity index (χ1n) is 18.0. The lowest BCUT2D eigenvalue weighted by Crippen LogP contribution is -2.48. The number of hydrogen-bond donors (Lipinski definition) is 0. The first kappa shape index (κ1) is 35.1. The van der Waals surface area contributed by atoms with Gasteiger partial charge in [-0.15, -0.1) is 0 Å². The van der Waals surface area contributed by atoms with Gasteiger partial charge in [-0.25, -0.2) is 0 Å². The molecule has 0 amide bonds. The van der Waals surface area contributed by atoms with Crippen LogP contribution < -0.4 is 0 Å². The van der Waals surface area contributed by atoms with Crippen LogP contribution in [0.2, 0.25) is 0 Å². The van der Waals surface area contributed by atoms with Crippen LogP contribution in [0.5, 0.6) is 0 Å². The Bertz CT molecular complexity index is 1320. The molecule has 5 rings (SSSR count). The summed E-state index contributed by atoms with van der Waals surface area (Å²) in [6.45, 7) is 15.4. The van der Waals surface area contributed by atoms with E-state index in [4.69, 9.17) is 9.47 Å². The van der Waals surface area contributed by atoms with Crippen molar-refractivity contribution < 1.29 is 23.9 Å². The lowest BCUT2D eigenvalue weighted by Gasteiger charge is -2.45. The fourth-order valence-corrected chi connectivity index (χ4v) is 8.93. The van der Waals surface area contributed by atoms with Crippen LogP contribution in [0.1, 0.15) is 105 Å². The number of ketones is 1. The van der Waals surface area contributed by atoms with Crippen LogP contribution in [0.25, 0.3) is 0 Å². The number of ether oxygens (including phenoxy) is 2. The maximum Gasteiger partial charge on any atom is 0.320 e. The van der Waals surface area contributed by atoms with E-state index in [9.17, 15) is 14.4 Å². The molecule has 8 unspecified atom stereocenters. The van der Waals surface area contributed by atoms with Crippen LogP contribution in [0.15, 0.2) is 72.8 Å². The number of esters is 2. The predicted molar refractivity (Wildman–Crippen MR) is 187 cm³/mol. The maximum absolute atomic E-state index is 14.5. The van der Waals surface area contributed by atoms with Gasteiger partial charge < -0.3 is 9.47 Å². The average molecular weight is 641 g/mol. The largest absolute Gasteiger partial charge is 0.461 e. The standard InChI is InChI=1S/C42H56O5/c1-27-18-22-34(41(4,5)30-14-10-8-11-15-30)36(24-27)46-39(44)38(33-26-32(43)21-20-29(33)3)40(45)47-37-25-28(2)19-23-35(37)42(6,7)31-16-12-9-13-17-31/h8-17,20-21,27-29,33-38H,18-19,22-26H2,1-7H3. The molecule has 3 aliphatic carbocycles. The molecule has 0 N–H and O–H groups in total. The second-order valence-corrected chi connectivity index (χ2v) is 16.2. The van der Waals surface area contributed by atoms with Crippen LogP contribution in [0.4, 0.5) is 0 Å². The molecule has 5 nitrogen and oxygen atoms in total. The number of benzene rings is 2. The minimum absolute atomic E-state index is 0.0672. The molecule has 0 aromatic heterocycles. The summed E-state index contributed by atoms with van der Waals surface area (Å²) in [6, 6.07) is 20.9. The number of allylic oxidation sites excluding steroid dienone is 2. The predicted octanol–water partition coefficient (Wildman–Crippen LogP) is 9.04. The van der Waals surface area contributed by atoms with Gasteiger partial charge in [0.1, 0.15) is 12.2 Å². The zero-order valence-electron chi connectivity index (χ0n) is 29.6. The van der Waals surface area contributed by atoms with E-state index < -0.39 is 23.8 Å². The highest BCUT2D eigenvalue weighted by Crippen LogP contribution is 2.46. The van der Waals surface area contributed by atoms with Crippen LogP contribution >= 0.6 is 0 Å². The Hall–Kier alpha value is -3.21. The van der Waals surface area contributed by atoms with Gasteiger partial charge in [-0.2, -0.15) is 0 Å². The zero-order chi connectivity index (χ0) is 33.9. The van der Waals surface area contributed by atoms with Gasteiger partial charge in [-0.1, -0.05) is 128 Å². The van der Waals surface area contributed by atoms with Gasteiger partial charge in [-0.05, 0) is 77.4 Å². The molecule has 47 heavy (non-hydrogen) atoms. The Morgan fingerprint density at radius 3 is 1.53 bits per heavy atom. The average Bonchev–Trinajstić information content (AvgIpc) is 3.03. The Morgan fingerprint density at radius 2 is 1.11 bits per heavy atom. The number of hydrogen-bond acceptors (Lipinski definition) is 5. The molecule has 2 aromatic carbocycles. The molecule has 2 fully saturated rings. The van der Waals surface area contributed by atoms with Crippen LogP contribution in [-0.4, -0.2) is 29.9 Å². The monoisotopic (exact) mass is 640 g/mol. The van der Waals surface area contributed by atoms with E-state index in [2.05, 4.69) is 90.1 Å². The van der Waals surface area contributed by atoms with Crippen LogP contribution in [0.3, 0.4) is 0 Å². The third kappa shape index (κ3) is 7.76. The van der Waals surface area contributed by atoms with Gasteiger partial charge >= 0.3 is 11.9 Å². The van der Waals surface area contributed by atoms with Crippen LogP contribution in [0, 0.1) is 41.4 Å². The second-order valence-electron chi connectivity index (χ2n) is 16.2. The minimum atomic E-state index is -1.16. The third-order valence-electron chi connectivity index (χ3n) is 12.2. The van der Waals surface area contributed by atoms with Crippen molar-refractivity contribution in [2.75, 3.05) is 0 Å². The summed E-state index contributed by atoms with van der Waals surface area (Å²) >= 11 is 0. The quantitative estimate of drug-likeness (QED) is 0.202. The minimum Gasteiger partial charge on any atom is -0.461 e. The van der Waals surface area contributed by atoms with Crippen molar-refractivity contribution in [2.24, 2.45) is 41.4 Å². The molecular weight excluding hydrogens is 584 g/mol. The van der Waals surface area contributed by atoms with E-state index in [0.29, 0.717) is 11.8 Å². The fourth-order valence-electron chi connectivity index (χ4n) is 8.93. The Labute approximate surface area is 282 Å². The normalized spacial score (nSPS) is 30.7. The molecule has 5 heteroatoms. The summed E-state index contributed by atoms with van der Waals surface area (Å²) in [4.78, 5) is 41.7. The van der Waals surface area contributed by atoms with E-state index in [1.165, 1.54) is 11.1 Å². The van der Waals surface area contributed by atoms with Gasteiger partial charge in [0, 0.05) is 18.3 Å². The summed E-state index contributed by atoms with van der Waals surface area (Å²) in [5.74, 6) is -1.93. The summed E-state index contributed by atoms with van der Waals surface area (Å²) in [6.07, 6.45) is 8.39. The fraction of sp³-hybridized carbons (Fsp3) is 0.595. The molecule has 0 saturated heterocycles. The lowest BCUT2D eigenvalue weighted by atomic mass is 9.64. The molecule has 8 atom stereocenters. The molecule has 0 radical (unpaired) electrons. The van der Waals surface area contributed by atoms with Crippen molar-refractivity contribution in [3.05, 3.63) is 83.9 Å². The van der Waals surface area contributed by atoms with Crippen molar-refractivity contribution >= 4 is 17.7 Å². The van der Waals surface area contributed by atoms with Gasteiger partial charge in [0.05, 0.1) is 0 Å². The molecule has 0 aliphatic heterocycles. The summed E-state index contributed by atoms with van der Waals surface area (Å²) in [7, 11) is 0. The van der Waals surface area contributed by atoms with E-state index in [-0.39, 0.29) is 53.0 Å². The van der Waals surface area contributed by atoms with Crippen molar-refractivity contribution in [1.29, 1.82) is 0 Å². The third-order valence-corrected chi connectivity index (χ3v) is 12.2. The highest BCUT2D eigenvalue weighted by atomic mass is 16.6. The van der Waals surface area contributed by atoms with E-state index in [0.717, 1.165) is 38.5 Å². The van der Waals surface area contributed by atoms with Gasteiger partial charge in [-0.3, -0.25) is 14.4 Å². The van der Waals surface area contributed by atoms with E-state index >= 15 is 0 Å². The summed E-state index contributed by atoms with van der Waals surface area (Å²) in [5, 5.41) is 0. The Balaban J connectivity index is 1.43. The second kappa shape index (κ2) is 14.5. The number of rotatable bonds is 9. The smallest absolute Gasteiger partial charge is 0.320 e. The lowest BCUT2D eigenvalue weighted by molar-refractivity contribution is -0.179. The number of carbonyl (C=O) groups excluding carboxylic acids is 3. The molecular formula is C42H56O5. The Morgan fingerprint density at radius 1 is 0.681 bits per heavy atom. The topological polar surface area (TPSA) is 69.7 Å². The molecule has 0 bridgehead atoms.